The highest BCUT2D eigenvalue weighted by Gasteiger charge is 2.42. The van der Waals surface area contributed by atoms with Crippen LogP contribution in [0, 0.1) is 11.8 Å². The zero-order chi connectivity index (χ0) is 18.9. The van der Waals surface area contributed by atoms with Gasteiger partial charge in [0.2, 0.25) is 5.60 Å². The molecule has 1 aliphatic heterocycles. The number of nitrogens with zero attached hydrogens (tertiary/aromatic N) is 3. The van der Waals surface area contributed by atoms with Gasteiger partial charge in [0.1, 0.15) is 11.5 Å². The van der Waals surface area contributed by atoms with Gasteiger partial charge in [-0.3, -0.25) is 9.59 Å². The standard InChI is InChI=1S/C18H17N5O3/c1-23-8-7-18(26,17(23)25)6-5-11-3-2-4-12(9-11)16-21-13(15(20)24)10-14(19)22-16/h2-4,9-10,26H,7-8H2,1H3,(H2,20,24)(H2,19,21,22)/t18-/m0/s1. The van der Waals surface area contributed by atoms with E-state index in [9.17, 15) is 14.7 Å². The number of carbonyl (C=O) groups is 2. The van der Waals surface area contributed by atoms with Gasteiger partial charge in [-0.1, -0.05) is 24.0 Å². The van der Waals surface area contributed by atoms with Crippen molar-refractivity contribution >= 4 is 17.6 Å². The molecule has 2 aromatic rings. The summed E-state index contributed by atoms with van der Waals surface area (Å²) in [7, 11) is 1.62. The molecule has 1 atom stereocenters. The Morgan fingerprint density at radius 2 is 2.12 bits per heavy atom. The average molecular weight is 351 g/mol. The van der Waals surface area contributed by atoms with Gasteiger partial charge in [-0.2, -0.15) is 0 Å². The van der Waals surface area contributed by atoms with Crippen molar-refractivity contribution in [3.63, 3.8) is 0 Å². The third-order valence-corrected chi connectivity index (χ3v) is 4.04. The molecular weight excluding hydrogens is 334 g/mol. The number of hydrogen-bond donors (Lipinski definition) is 3. The van der Waals surface area contributed by atoms with Crippen LogP contribution in [0.5, 0.6) is 0 Å². The summed E-state index contributed by atoms with van der Waals surface area (Å²) in [5.41, 5.74) is 10.4. The number of nitrogens with two attached hydrogens (primary N) is 2. The Balaban J connectivity index is 1.95. The van der Waals surface area contributed by atoms with E-state index in [0.29, 0.717) is 17.7 Å². The number of primary amides is 1. The summed E-state index contributed by atoms with van der Waals surface area (Å²) in [5.74, 6) is 4.70. The Morgan fingerprint density at radius 3 is 2.77 bits per heavy atom. The molecule has 132 valence electrons. The molecule has 8 nitrogen and oxygen atoms in total. The van der Waals surface area contributed by atoms with E-state index in [-0.39, 0.29) is 23.8 Å². The van der Waals surface area contributed by atoms with Gasteiger partial charge >= 0.3 is 0 Å². The summed E-state index contributed by atoms with van der Waals surface area (Å²) in [6.45, 7) is 0.455. The SMILES string of the molecule is CN1CC[C@@](O)(C#Cc2cccc(-c3nc(N)cc(C(N)=O)n3)c2)C1=O. The number of amides is 2. The lowest BCUT2D eigenvalue weighted by atomic mass is 10.0. The number of hydrogen-bond acceptors (Lipinski definition) is 6. The third-order valence-electron chi connectivity index (χ3n) is 4.04. The van der Waals surface area contributed by atoms with E-state index in [1.807, 2.05) is 0 Å². The van der Waals surface area contributed by atoms with Crippen LogP contribution in [-0.2, 0) is 4.79 Å². The van der Waals surface area contributed by atoms with E-state index in [2.05, 4.69) is 21.8 Å². The molecule has 1 saturated heterocycles. The van der Waals surface area contributed by atoms with Crippen molar-refractivity contribution in [3.8, 4) is 23.2 Å². The second kappa shape index (κ2) is 6.46. The predicted octanol–water partition coefficient (Wildman–Crippen LogP) is -0.231. The number of rotatable bonds is 2. The van der Waals surface area contributed by atoms with Crippen LogP contribution >= 0.6 is 0 Å². The first-order chi connectivity index (χ1) is 12.3. The Kier molecular flexibility index (Phi) is 4.32. The Morgan fingerprint density at radius 1 is 1.35 bits per heavy atom. The smallest absolute Gasteiger partial charge is 0.267 e. The predicted molar refractivity (Wildman–Crippen MR) is 94.5 cm³/mol. The summed E-state index contributed by atoms with van der Waals surface area (Å²) in [6.07, 6.45) is 0.259. The minimum absolute atomic E-state index is 0.0119. The van der Waals surface area contributed by atoms with Crippen molar-refractivity contribution < 1.29 is 14.7 Å². The summed E-state index contributed by atoms with van der Waals surface area (Å²) in [4.78, 5) is 32.9. The quantitative estimate of drug-likeness (QED) is 0.640. The molecule has 0 unspecified atom stereocenters. The number of anilines is 1. The monoisotopic (exact) mass is 351 g/mol. The fourth-order valence-corrected chi connectivity index (χ4v) is 2.60. The highest BCUT2D eigenvalue weighted by molar-refractivity contribution is 5.92. The van der Waals surface area contributed by atoms with E-state index >= 15 is 0 Å². The van der Waals surface area contributed by atoms with Gasteiger partial charge in [0.05, 0.1) is 0 Å². The zero-order valence-electron chi connectivity index (χ0n) is 14.1. The molecule has 0 bridgehead atoms. The van der Waals surface area contributed by atoms with Gasteiger partial charge in [0.15, 0.2) is 5.82 Å². The van der Waals surface area contributed by atoms with Crippen LogP contribution in [0.1, 0.15) is 22.5 Å². The topological polar surface area (TPSA) is 135 Å². The summed E-state index contributed by atoms with van der Waals surface area (Å²) in [6, 6.07) is 8.16. The molecule has 1 fully saturated rings. The molecule has 1 aromatic heterocycles. The molecule has 2 heterocycles. The molecule has 1 aliphatic rings. The second-order valence-corrected chi connectivity index (χ2v) is 6.03. The maximum atomic E-state index is 12.0. The fourth-order valence-electron chi connectivity index (χ4n) is 2.60. The van der Waals surface area contributed by atoms with Gasteiger partial charge in [-0.25, -0.2) is 9.97 Å². The van der Waals surface area contributed by atoms with Crippen molar-refractivity contribution in [1.29, 1.82) is 0 Å². The molecule has 0 saturated carbocycles. The van der Waals surface area contributed by atoms with Gasteiger partial charge in [0.25, 0.3) is 11.8 Å². The normalized spacial score (nSPS) is 19.2. The largest absolute Gasteiger partial charge is 0.384 e. The maximum Gasteiger partial charge on any atom is 0.267 e. The van der Waals surface area contributed by atoms with Crippen molar-refractivity contribution in [3.05, 3.63) is 41.6 Å². The molecule has 26 heavy (non-hydrogen) atoms. The van der Waals surface area contributed by atoms with Crippen LogP contribution in [0.4, 0.5) is 5.82 Å². The first-order valence-corrected chi connectivity index (χ1v) is 7.84. The minimum Gasteiger partial charge on any atom is -0.384 e. The highest BCUT2D eigenvalue weighted by atomic mass is 16.3. The van der Waals surface area contributed by atoms with E-state index in [1.54, 1.807) is 31.3 Å². The second-order valence-electron chi connectivity index (χ2n) is 6.03. The van der Waals surface area contributed by atoms with Crippen LogP contribution in [0.25, 0.3) is 11.4 Å². The van der Waals surface area contributed by atoms with E-state index < -0.39 is 17.4 Å². The molecule has 3 rings (SSSR count). The first-order valence-electron chi connectivity index (χ1n) is 7.84. The lowest BCUT2D eigenvalue weighted by Crippen LogP contribution is -2.37. The van der Waals surface area contributed by atoms with Gasteiger partial charge < -0.3 is 21.5 Å². The third kappa shape index (κ3) is 3.34. The average Bonchev–Trinajstić information content (AvgIpc) is 2.88. The Bertz CT molecular complexity index is 963. The van der Waals surface area contributed by atoms with Crippen LogP contribution in [0.2, 0.25) is 0 Å². The lowest BCUT2D eigenvalue weighted by molar-refractivity contribution is -0.137. The number of likely N-dealkylation sites (N-methyl/N-ethyl adjacent to an activating group) is 1. The zero-order valence-corrected chi connectivity index (χ0v) is 14.1. The molecule has 0 spiro atoms. The number of carbonyl (C=O) groups excluding carboxylic acids is 2. The molecule has 0 aliphatic carbocycles. The van der Waals surface area contributed by atoms with E-state index in [0.717, 1.165) is 0 Å². The molecule has 5 N–H and O–H groups in total. The number of likely N-dealkylation sites (tertiary alicyclic amines) is 1. The Hall–Kier alpha value is -3.44. The van der Waals surface area contributed by atoms with Crippen LogP contribution in [0.3, 0.4) is 0 Å². The van der Waals surface area contributed by atoms with Crippen LogP contribution < -0.4 is 11.5 Å². The Labute approximate surface area is 149 Å². The summed E-state index contributed by atoms with van der Waals surface area (Å²) < 4.78 is 0. The highest BCUT2D eigenvalue weighted by Crippen LogP contribution is 2.22. The van der Waals surface area contributed by atoms with E-state index in [1.165, 1.54) is 11.0 Å². The van der Waals surface area contributed by atoms with Crippen molar-refractivity contribution in [2.75, 3.05) is 19.3 Å². The number of aliphatic hydroxyl groups is 1. The molecule has 0 radical (unpaired) electrons. The minimum atomic E-state index is -1.67. The maximum absolute atomic E-state index is 12.0. The fraction of sp³-hybridized carbons (Fsp3) is 0.222. The van der Waals surface area contributed by atoms with Gasteiger partial charge in [-0.05, 0) is 12.1 Å². The number of aromatic nitrogens is 2. The van der Waals surface area contributed by atoms with Crippen molar-refractivity contribution in [1.82, 2.24) is 14.9 Å². The number of nitrogen functional groups attached to an aromatic ring is 1. The molecular formula is C18H17N5O3. The first kappa shape index (κ1) is 17.4. The van der Waals surface area contributed by atoms with Gasteiger partial charge in [0, 0.05) is 37.2 Å². The molecule has 2 amide bonds. The van der Waals surface area contributed by atoms with Gasteiger partial charge in [-0.15, -0.1) is 0 Å². The van der Waals surface area contributed by atoms with Crippen LogP contribution in [-0.4, -0.2) is 51.0 Å². The molecule has 1 aromatic carbocycles. The van der Waals surface area contributed by atoms with Crippen LogP contribution in [0.15, 0.2) is 30.3 Å². The van der Waals surface area contributed by atoms with Crippen molar-refractivity contribution in [2.45, 2.75) is 12.0 Å². The number of benzene rings is 1. The lowest BCUT2D eigenvalue weighted by Gasteiger charge is -2.13. The summed E-state index contributed by atoms with van der Waals surface area (Å²) >= 11 is 0. The van der Waals surface area contributed by atoms with E-state index in [4.69, 9.17) is 11.5 Å². The summed E-state index contributed by atoms with van der Waals surface area (Å²) in [5, 5.41) is 10.4. The molecule has 8 heteroatoms. The van der Waals surface area contributed by atoms with Crippen molar-refractivity contribution in [2.24, 2.45) is 5.73 Å².